The summed E-state index contributed by atoms with van der Waals surface area (Å²) in [5.41, 5.74) is 0.342. The lowest BCUT2D eigenvalue weighted by atomic mass is 10.2. The lowest BCUT2D eigenvalue weighted by Gasteiger charge is -2.22. The van der Waals surface area contributed by atoms with Gasteiger partial charge in [-0.3, -0.25) is 14.5 Å². The first-order chi connectivity index (χ1) is 10.4. The molecule has 0 aliphatic carbocycles. The zero-order chi connectivity index (χ0) is 16.7. The van der Waals surface area contributed by atoms with Gasteiger partial charge in [-0.05, 0) is 13.5 Å². The molecule has 0 saturated carbocycles. The fourth-order valence-electron chi connectivity index (χ4n) is 2.25. The summed E-state index contributed by atoms with van der Waals surface area (Å²) in [6, 6.07) is 1.24. The molecule has 7 nitrogen and oxygen atoms in total. The number of hydrogen-bond acceptors (Lipinski definition) is 5. The molecule has 3 N–H and O–H groups in total. The molecule has 0 radical (unpaired) electrons. The largest absolute Gasteiger partial charge is 0.503 e. The van der Waals surface area contributed by atoms with Crippen molar-refractivity contribution in [2.75, 3.05) is 13.6 Å². The first-order valence-electron chi connectivity index (χ1n) is 7.36. The van der Waals surface area contributed by atoms with Crippen molar-refractivity contribution in [3.05, 3.63) is 27.7 Å². The van der Waals surface area contributed by atoms with Crippen LogP contribution < -0.4 is 5.43 Å². The molecule has 0 amide bonds. The van der Waals surface area contributed by atoms with Crippen LogP contribution in [0.15, 0.2) is 10.9 Å². The lowest BCUT2D eigenvalue weighted by Crippen LogP contribution is -2.26. The van der Waals surface area contributed by atoms with Gasteiger partial charge in [0.15, 0.2) is 5.75 Å². The average molecular weight is 312 g/mol. The molecule has 0 spiro atoms. The first kappa shape index (κ1) is 18.2. The van der Waals surface area contributed by atoms with E-state index in [0.717, 1.165) is 12.8 Å². The third-order valence-corrected chi connectivity index (χ3v) is 3.50. The van der Waals surface area contributed by atoms with Crippen LogP contribution >= 0.6 is 0 Å². The van der Waals surface area contributed by atoms with Gasteiger partial charge in [-0.2, -0.15) is 0 Å². The van der Waals surface area contributed by atoms with E-state index in [2.05, 4.69) is 0 Å². The number of carboxylic acids is 1. The van der Waals surface area contributed by atoms with Crippen molar-refractivity contribution in [2.45, 2.75) is 45.9 Å². The number of carbonyl (C=O) groups is 1. The molecule has 0 saturated heterocycles. The molecular formula is C15H24N2O5. The molecule has 0 aromatic carbocycles. The molecule has 124 valence electrons. The van der Waals surface area contributed by atoms with Crippen LogP contribution in [-0.4, -0.2) is 44.3 Å². The van der Waals surface area contributed by atoms with Gasteiger partial charge in [0, 0.05) is 31.4 Å². The Labute approximate surface area is 129 Å². The summed E-state index contributed by atoms with van der Waals surface area (Å²) >= 11 is 0. The van der Waals surface area contributed by atoms with Gasteiger partial charge in [-0.25, -0.2) is 0 Å². The zero-order valence-corrected chi connectivity index (χ0v) is 13.1. The van der Waals surface area contributed by atoms with E-state index in [4.69, 9.17) is 5.11 Å². The Kier molecular flexibility index (Phi) is 7.07. The normalized spacial score (nSPS) is 11.1. The quantitative estimate of drug-likeness (QED) is 0.622. The summed E-state index contributed by atoms with van der Waals surface area (Å²) in [5, 5.41) is 28.2. The Bertz CT molecular complexity index is 568. The molecule has 0 aliphatic rings. The Morgan fingerprint density at radius 3 is 2.64 bits per heavy atom. The molecule has 1 heterocycles. The maximum Gasteiger partial charge on any atom is 0.304 e. The van der Waals surface area contributed by atoms with Crippen LogP contribution in [-0.2, 0) is 24.5 Å². The smallest absolute Gasteiger partial charge is 0.304 e. The lowest BCUT2D eigenvalue weighted by molar-refractivity contribution is -0.137. The van der Waals surface area contributed by atoms with Gasteiger partial charge in [0.2, 0.25) is 5.43 Å². The predicted molar refractivity (Wildman–Crippen MR) is 81.8 cm³/mol. The molecule has 0 aliphatic heterocycles. The summed E-state index contributed by atoms with van der Waals surface area (Å²) < 4.78 is 1.75. The van der Waals surface area contributed by atoms with Crippen LogP contribution in [0.25, 0.3) is 0 Å². The second-order valence-electron chi connectivity index (χ2n) is 5.34. The molecule has 1 rings (SSSR count). The van der Waals surface area contributed by atoms with E-state index in [-0.39, 0.29) is 25.3 Å². The van der Waals surface area contributed by atoms with Crippen LogP contribution in [0.2, 0.25) is 0 Å². The molecule has 0 fully saturated rings. The fraction of sp³-hybridized carbons (Fsp3) is 0.600. The molecule has 7 heteroatoms. The number of aromatic hydroxyl groups is 1. The highest BCUT2D eigenvalue weighted by molar-refractivity contribution is 5.66. The monoisotopic (exact) mass is 312 g/mol. The van der Waals surface area contributed by atoms with Gasteiger partial charge in [0.05, 0.1) is 18.7 Å². The number of aliphatic hydroxyl groups is 1. The first-order valence-corrected chi connectivity index (χ1v) is 7.36. The molecule has 0 atom stereocenters. The molecule has 22 heavy (non-hydrogen) atoms. The number of rotatable bonds is 9. The number of aliphatic hydroxyl groups excluding tert-OH is 1. The number of aliphatic carboxylic acids is 1. The fourth-order valence-corrected chi connectivity index (χ4v) is 2.25. The highest BCUT2D eigenvalue weighted by Gasteiger charge is 2.16. The van der Waals surface area contributed by atoms with Crippen LogP contribution in [0.5, 0.6) is 5.75 Å². The van der Waals surface area contributed by atoms with Crippen molar-refractivity contribution >= 4 is 5.97 Å². The minimum atomic E-state index is -0.899. The summed E-state index contributed by atoms with van der Waals surface area (Å²) in [6.45, 7) is 2.87. The molecule has 0 unspecified atom stereocenters. The van der Waals surface area contributed by atoms with Crippen molar-refractivity contribution in [2.24, 2.45) is 0 Å². The number of nitrogens with zero attached hydrogens (tertiary/aromatic N) is 2. The SMILES string of the molecule is CCCCn1c(CO)cc(=O)c(O)c1CN(C)CCC(=O)O. The molecule has 1 aromatic heterocycles. The van der Waals surface area contributed by atoms with Crippen molar-refractivity contribution in [1.82, 2.24) is 9.47 Å². The number of pyridine rings is 1. The zero-order valence-electron chi connectivity index (χ0n) is 13.1. The topological polar surface area (TPSA) is 103 Å². The number of carboxylic acid groups (broad SMARTS) is 1. The van der Waals surface area contributed by atoms with E-state index in [1.807, 2.05) is 6.92 Å². The van der Waals surface area contributed by atoms with E-state index in [0.29, 0.717) is 24.5 Å². The second-order valence-corrected chi connectivity index (χ2v) is 5.34. The average Bonchev–Trinajstić information content (AvgIpc) is 2.48. The Morgan fingerprint density at radius 2 is 2.09 bits per heavy atom. The summed E-state index contributed by atoms with van der Waals surface area (Å²) in [7, 11) is 1.72. The van der Waals surface area contributed by atoms with Gasteiger partial charge < -0.3 is 19.9 Å². The third kappa shape index (κ3) is 4.85. The summed E-state index contributed by atoms with van der Waals surface area (Å²) in [6.07, 6.45) is 1.77. The van der Waals surface area contributed by atoms with Gasteiger partial charge in [0.1, 0.15) is 0 Å². The molecular weight excluding hydrogens is 288 g/mol. The van der Waals surface area contributed by atoms with E-state index in [9.17, 15) is 19.8 Å². The van der Waals surface area contributed by atoms with Crippen LogP contribution in [0, 0.1) is 0 Å². The predicted octanol–water partition coefficient (Wildman–Crippen LogP) is 0.753. The number of aromatic nitrogens is 1. The molecule has 1 aromatic rings. The van der Waals surface area contributed by atoms with Gasteiger partial charge in [-0.15, -0.1) is 0 Å². The summed E-state index contributed by atoms with van der Waals surface area (Å²) in [5.74, 6) is -1.24. The van der Waals surface area contributed by atoms with E-state index in [1.165, 1.54) is 6.07 Å². The van der Waals surface area contributed by atoms with Gasteiger partial charge >= 0.3 is 5.97 Å². The van der Waals surface area contributed by atoms with E-state index < -0.39 is 11.4 Å². The van der Waals surface area contributed by atoms with Crippen LogP contribution in [0.4, 0.5) is 0 Å². The minimum Gasteiger partial charge on any atom is -0.503 e. The van der Waals surface area contributed by atoms with Crippen molar-refractivity contribution in [1.29, 1.82) is 0 Å². The van der Waals surface area contributed by atoms with Gasteiger partial charge in [-0.1, -0.05) is 13.3 Å². The van der Waals surface area contributed by atoms with Gasteiger partial charge in [0.25, 0.3) is 0 Å². The number of hydrogen-bond donors (Lipinski definition) is 3. The Balaban J connectivity index is 3.10. The third-order valence-electron chi connectivity index (χ3n) is 3.50. The highest BCUT2D eigenvalue weighted by Crippen LogP contribution is 2.18. The number of unbranched alkanes of at least 4 members (excludes halogenated alkanes) is 1. The van der Waals surface area contributed by atoms with E-state index in [1.54, 1.807) is 16.5 Å². The minimum absolute atomic E-state index is 0.0177. The second kappa shape index (κ2) is 8.55. The van der Waals surface area contributed by atoms with E-state index >= 15 is 0 Å². The van der Waals surface area contributed by atoms with Crippen molar-refractivity contribution in [3.8, 4) is 5.75 Å². The maximum atomic E-state index is 11.8. The maximum absolute atomic E-state index is 11.8. The Hall–Kier alpha value is -1.86. The Morgan fingerprint density at radius 1 is 1.41 bits per heavy atom. The van der Waals surface area contributed by atoms with Crippen molar-refractivity contribution in [3.63, 3.8) is 0 Å². The van der Waals surface area contributed by atoms with Crippen LogP contribution in [0.3, 0.4) is 0 Å². The van der Waals surface area contributed by atoms with Crippen molar-refractivity contribution < 1.29 is 20.1 Å². The summed E-state index contributed by atoms with van der Waals surface area (Å²) in [4.78, 5) is 24.2. The van der Waals surface area contributed by atoms with Crippen LogP contribution in [0.1, 0.15) is 37.6 Å². The standard InChI is InChI=1S/C15H24N2O5/c1-3-4-6-17-11(10-18)8-13(19)15(22)12(17)9-16(2)7-5-14(20)21/h8,18,22H,3-7,9-10H2,1-2H3,(H,20,21). The molecule has 0 bridgehead atoms. The highest BCUT2D eigenvalue weighted by atomic mass is 16.4.